The number of para-hydroxylation sites is 1. The van der Waals surface area contributed by atoms with Gasteiger partial charge in [0.05, 0.1) is 46.6 Å². The van der Waals surface area contributed by atoms with E-state index in [2.05, 4.69) is 26.1 Å². The van der Waals surface area contributed by atoms with E-state index in [0.717, 1.165) is 23.1 Å². The minimum atomic E-state index is -0.685. The maximum absolute atomic E-state index is 14.0. The standard InChI is InChI=1S/C30H27BrN4O5S/c1-18-25(27(36)33-20-6-4-3-5-7-20)26(19-8-10-21(38-2)11-9-19)35-28(37)24(41-30(35)32-18)17-22-16-23(31)29(40-22)34-12-14-39-15-13-34/h3-11,16-17,26H,12-15H2,1-2H3,(H,33,36)/b24-17+. The second-order valence-electron chi connectivity index (χ2n) is 9.58. The molecule has 2 aliphatic heterocycles. The summed E-state index contributed by atoms with van der Waals surface area (Å²) in [5.74, 6) is 1.61. The molecular weight excluding hydrogens is 608 g/mol. The van der Waals surface area contributed by atoms with Gasteiger partial charge in [0.25, 0.3) is 11.5 Å². The van der Waals surface area contributed by atoms with Gasteiger partial charge < -0.3 is 24.1 Å². The van der Waals surface area contributed by atoms with Crippen LogP contribution in [0.4, 0.5) is 11.6 Å². The Morgan fingerprint density at radius 2 is 1.88 bits per heavy atom. The van der Waals surface area contributed by atoms with Crippen LogP contribution in [0.25, 0.3) is 6.08 Å². The van der Waals surface area contributed by atoms with Crippen molar-refractivity contribution in [3.05, 3.63) is 107 Å². The van der Waals surface area contributed by atoms with Gasteiger partial charge in [-0.3, -0.25) is 14.2 Å². The number of fused-ring (bicyclic) bond motifs is 1. The van der Waals surface area contributed by atoms with E-state index in [-0.39, 0.29) is 11.5 Å². The predicted octanol–water partition coefficient (Wildman–Crippen LogP) is 4.07. The third-order valence-electron chi connectivity index (χ3n) is 6.99. The fourth-order valence-corrected chi connectivity index (χ4v) is 6.58. The van der Waals surface area contributed by atoms with Crippen molar-refractivity contribution in [2.45, 2.75) is 13.0 Å². The third-order valence-corrected chi connectivity index (χ3v) is 8.54. The fourth-order valence-electron chi connectivity index (χ4n) is 4.99. The van der Waals surface area contributed by atoms with Gasteiger partial charge >= 0.3 is 0 Å². The minimum Gasteiger partial charge on any atom is -0.497 e. The van der Waals surface area contributed by atoms with Crippen LogP contribution in [0, 0.1) is 0 Å². The number of thiazole rings is 1. The highest BCUT2D eigenvalue weighted by molar-refractivity contribution is 9.10. The van der Waals surface area contributed by atoms with Crippen molar-refractivity contribution < 1.29 is 18.7 Å². The monoisotopic (exact) mass is 634 g/mol. The number of hydrogen-bond donors (Lipinski definition) is 1. The first kappa shape index (κ1) is 27.3. The number of allylic oxidation sites excluding steroid dienone is 1. The van der Waals surface area contributed by atoms with E-state index in [1.165, 1.54) is 11.3 Å². The highest BCUT2D eigenvalue weighted by Gasteiger charge is 2.32. The molecular formula is C30H27BrN4O5S. The summed E-state index contributed by atoms with van der Waals surface area (Å²) < 4.78 is 19.8. The summed E-state index contributed by atoms with van der Waals surface area (Å²) in [5, 5.41) is 2.97. The molecule has 1 amide bonds. The van der Waals surface area contributed by atoms with Crippen LogP contribution in [0.15, 0.2) is 90.6 Å². The second kappa shape index (κ2) is 11.5. The van der Waals surface area contributed by atoms with Gasteiger partial charge in [-0.05, 0) is 52.7 Å². The van der Waals surface area contributed by atoms with Crippen LogP contribution < -0.4 is 29.8 Å². The molecule has 0 spiro atoms. The lowest BCUT2D eigenvalue weighted by atomic mass is 9.95. The molecule has 4 aromatic rings. The Morgan fingerprint density at radius 3 is 2.59 bits per heavy atom. The quantitative estimate of drug-likeness (QED) is 0.343. The number of benzene rings is 2. The van der Waals surface area contributed by atoms with Crippen LogP contribution >= 0.6 is 27.3 Å². The van der Waals surface area contributed by atoms with E-state index in [4.69, 9.17) is 18.9 Å². The van der Waals surface area contributed by atoms with Crippen molar-refractivity contribution in [2.75, 3.05) is 43.6 Å². The molecule has 2 aliphatic rings. The third kappa shape index (κ3) is 5.40. The summed E-state index contributed by atoms with van der Waals surface area (Å²) in [6.07, 6.45) is 1.73. The molecule has 9 nitrogen and oxygen atoms in total. The predicted molar refractivity (Wildman–Crippen MR) is 161 cm³/mol. The summed E-state index contributed by atoms with van der Waals surface area (Å²) >= 11 is 4.86. The zero-order valence-electron chi connectivity index (χ0n) is 22.4. The molecule has 2 aromatic carbocycles. The van der Waals surface area contributed by atoms with E-state index in [0.29, 0.717) is 56.9 Å². The van der Waals surface area contributed by atoms with Gasteiger partial charge in [-0.2, -0.15) is 0 Å². The number of ether oxygens (including phenoxy) is 2. The molecule has 1 unspecified atom stereocenters. The molecule has 11 heteroatoms. The fraction of sp³-hybridized carbons (Fsp3) is 0.233. The minimum absolute atomic E-state index is 0.257. The van der Waals surface area contributed by atoms with Crippen molar-refractivity contribution >= 4 is 50.8 Å². The Balaban J connectivity index is 1.44. The number of carbonyl (C=O) groups is 1. The number of nitrogens with one attached hydrogen (secondary N) is 1. The second-order valence-corrected chi connectivity index (χ2v) is 11.4. The Kier molecular flexibility index (Phi) is 7.65. The van der Waals surface area contributed by atoms with Crippen LogP contribution in [-0.2, 0) is 9.53 Å². The lowest BCUT2D eigenvalue weighted by Gasteiger charge is -2.26. The lowest BCUT2D eigenvalue weighted by Crippen LogP contribution is -2.40. The molecule has 1 fully saturated rings. The highest BCUT2D eigenvalue weighted by atomic mass is 79.9. The highest BCUT2D eigenvalue weighted by Crippen LogP contribution is 2.33. The Bertz CT molecular complexity index is 1800. The molecule has 0 radical (unpaired) electrons. The van der Waals surface area contributed by atoms with Gasteiger partial charge in [-0.15, -0.1) is 0 Å². The van der Waals surface area contributed by atoms with Gasteiger partial charge in [0.15, 0.2) is 4.80 Å². The van der Waals surface area contributed by atoms with E-state index < -0.39 is 6.04 Å². The van der Waals surface area contributed by atoms with Crippen LogP contribution in [0.1, 0.15) is 24.3 Å². The average molecular weight is 636 g/mol. The van der Waals surface area contributed by atoms with E-state index >= 15 is 0 Å². The molecule has 2 aromatic heterocycles. The van der Waals surface area contributed by atoms with Crippen molar-refractivity contribution in [1.82, 2.24) is 4.57 Å². The Labute approximate surface area is 248 Å². The average Bonchev–Trinajstić information content (AvgIpc) is 3.51. The first-order chi connectivity index (χ1) is 19.9. The number of halogens is 1. The van der Waals surface area contributed by atoms with E-state index in [9.17, 15) is 9.59 Å². The number of aromatic nitrogens is 1. The zero-order valence-corrected chi connectivity index (χ0v) is 24.8. The number of furan rings is 1. The van der Waals surface area contributed by atoms with Gasteiger partial charge in [0, 0.05) is 30.9 Å². The van der Waals surface area contributed by atoms with Crippen molar-refractivity contribution in [3.63, 3.8) is 0 Å². The molecule has 6 rings (SSSR count). The summed E-state index contributed by atoms with van der Waals surface area (Å²) in [6.45, 7) is 4.51. The molecule has 4 heterocycles. The van der Waals surface area contributed by atoms with Crippen LogP contribution in [-0.4, -0.2) is 43.9 Å². The topological polar surface area (TPSA) is 98.3 Å². The molecule has 1 atom stereocenters. The summed E-state index contributed by atoms with van der Waals surface area (Å²) in [7, 11) is 1.60. The number of amides is 1. The van der Waals surface area contributed by atoms with Gasteiger partial charge in [0.2, 0.25) is 5.88 Å². The number of nitrogens with zero attached hydrogens (tertiary/aromatic N) is 3. The lowest BCUT2D eigenvalue weighted by molar-refractivity contribution is -0.113. The maximum Gasteiger partial charge on any atom is 0.271 e. The Morgan fingerprint density at radius 1 is 1.15 bits per heavy atom. The first-order valence-corrected chi connectivity index (χ1v) is 14.7. The molecule has 210 valence electrons. The molecule has 1 saturated heterocycles. The van der Waals surface area contributed by atoms with Gasteiger partial charge in [-0.1, -0.05) is 41.7 Å². The first-order valence-electron chi connectivity index (χ1n) is 13.1. The zero-order chi connectivity index (χ0) is 28.5. The van der Waals surface area contributed by atoms with Crippen LogP contribution in [0.5, 0.6) is 5.75 Å². The number of rotatable bonds is 6. The largest absolute Gasteiger partial charge is 0.497 e. The van der Waals surface area contributed by atoms with Gasteiger partial charge in [0.1, 0.15) is 11.5 Å². The van der Waals surface area contributed by atoms with E-state index in [1.54, 1.807) is 24.7 Å². The van der Waals surface area contributed by atoms with E-state index in [1.807, 2.05) is 60.7 Å². The van der Waals surface area contributed by atoms with Crippen molar-refractivity contribution in [2.24, 2.45) is 4.99 Å². The SMILES string of the molecule is COc1ccc(C2C(C(=O)Nc3ccccc3)=C(C)N=c3s/c(=C/c4cc(Br)c(N5CCOCC5)o4)c(=O)n32)cc1. The van der Waals surface area contributed by atoms with Gasteiger partial charge in [-0.25, -0.2) is 4.99 Å². The molecule has 1 N–H and O–H groups in total. The number of carbonyl (C=O) groups excluding carboxylic acids is 1. The number of anilines is 2. The number of morpholine rings is 1. The maximum atomic E-state index is 14.0. The van der Waals surface area contributed by atoms with Crippen molar-refractivity contribution in [3.8, 4) is 5.75 Å². The summed E-state index contributed by atoms with van der Waals surface area (Å²) in [4.78, 5) is 35.0. The molecule has 0 saturated carbocycles. The normalized spacial score (nSPS) is 17.3. The summed E-state index contributed by atoms with van der Waals surface area (Å²) in [6, 6.07) is 17.8. The summed E-state index contributed by atoms with van der Waals surface area (Å²) in [5.41, 5.74) is 2.10. The molecule has 41 heavy (non-hydrogen) atoms. The number of methoxy groups -OCH3 is 1. The smallest absolute Gasteiger partial charge is 0.271 e. The Hall–Kier alpha value is -3.93. The van der Waals surface area contributed by atoms with Crippen LogP contribution in [0.2, 0.25) is 0 Å². The van der Waals surface area contributed by atoms with Crippen LogP contribution in [0.3, 0.4) is 0 Å². The van der Waals surface area contributed by atoms with Crippen molar-refractivity contribution in [1.29, 1.82) is 0 Å². The number of hydrogen-bond acceptors (Lipinski definition) is 8. The molecule has 0 aliphatic carbocycles. The molecule has 0 bridgehead atoms.